The lowest BCUT2D eigenvalue weighted by atomic mass is 9.84. The molecule has 2 saturated heterocycles. The molecule has 78 heavy (non-hydrogen) atoms. The number of hydrogen-bond donors (Lipinski definition) is 6. The molecule has 4 aliphatic rings. The number of primary amides is 2. The summed E-state index contributed by atoms with van der Waals surface area (Å²) in [7, 11) is 5.37. The first kappa shape index (κ1) is 56.1. The standard InChI is InChI=1S/C26H28FN7O3.C23H23ClFN7O3.C3H7BO2/c1-4-23(35)32-12-17(10-18(32)14-37-3)34-26(29-2)24(25(28)36)20(31-34)8-7-16-9-22-30-11-21(15-5-6-15)33(22)13-19(16)27;1-4-20(33)30-10-14(8-15(30)12-35-3)32-23(27-2)21(22(26)34)17(29-32)6-5-13-7-19-28-9-18(24)31(19)11-16(13)25;5-4(6)3-1-2-3/h4,9,11,13,15,17-18,29H,1,5-6,10,12,14H2,2-3H3,(H2,28,36);4,7,9,11,14-15,27H,1,8,10,12H2,2-3H3,(H2,26,34);3,5-6H,1-2H2/t17-,18+;14-,15+;/m00./s1. The van der Waals surface area contributed by atoms with Crippen molar-refractivity contribution >= 4 is 65.3 Å². The van der Waals surface area contributed by atoms with Crippen LogP contribution < -0.4 is 22.1 Å². The summed E-state index contributed by atoms with van der Waals surface area (Å²) in [6, 6.07) is 2.10. The van der Waals surface area contributed by atoms with Crippen molar-refractivity contribution in [3.05, 3.63) is 118 Å². The highest BCUT2D eigenvalue weighted by Gasteiger charge is 2.40. The largest absolute Gasteiger partial charge is 0.454 e. The molecule has 0 aromatic carbocycles. The molecule has 408 valence electrons. The van der Waals surface area contributed by atoms with Crippen molar-refractivity contribution in [1.29, 1.82) is 0 Å². The van der Waals surface area contributed by atoms with E-state index in [1.54, 1.807) is 64.1 Å². The fourth-order valence-corrected chi connectivity index (χ4v) is 9.82. The Bertz CT molecular complexity index is 3440. The number of aromatic nitrogens is 8. The monoisotopic (exact) mass is 1090 g/mol. The molecule has 22 nitrogen and oxygen atoms in total. The van der Waals surface area contributed by atoms with Gasteiger partial charge in [-0.15, -0.1) is 0 Å². The normalized spacial score (nSPS) is 18.4. The van der Waals surface area contributed by atoms with Crippen molar-refractivity contribution < 1.29 is 47.5 Å². The Hall–Kier alpha value is -8.07. The van der Waals surface area contributed by atoms with E-state index in [4.69, 9.17) is 42.6 Å². The fraction of sp³-hybridized carbons (Fsp3) is 0.385. The number of hydrogen-bond acceptors (Lipinski definition) is 14. The molecule has 2 saturated carbocycles. The molecular formula is C52H58BClF2N14O8. The lowest BCUT2D eigenvalue weighted by molar-refractivity contribution is -0.128. The van der Waals surface area contributed by atoms with E-state index in [9.17, 15) is 28.0 Å². The van der Waals surface area contributed by atoms with Gasteiger partial charge in [-0.25, -0.2) is 28.1 Å². The molecule has 10 rings (SSSR count). The number of anilines is 2. The van der Waals surface area contributed by atoms with Crippen molar-refractivity contribution in [2.75, 3.05) is 65.3 Å². The predicted octanol–water partition coefficient (Wildman–Crippen LogP) is 3.52. The van der Waals surface area contributed by atoms with Crippen LogP contribution in [-0.4, -0.2) is 156 Å². The molecule has 2 aliphatic heterocycles. The van der Waals surface area contributed by atoms with E-state index in [-0.39, 0.29) is 80.6 Å². The number of carbonyl (C=O) groups excluding carboxylic acids is 4. The first-order valence-corrected chi connectivity index (χ1v) is 25.3. The number of pyridine rings is 2. The summed E-state index contributed by atoms with van der Waals surface area (Å²) >= 11 is 5.98. The molecule has 4 atom stereocenters. The Labute approximate surface area is 452 Å². The van der Waals surface area contributed by atoms with Crippen molar-refractivity contribution in [1.82, 2.24) is 48.1 Å². The molecule has 0 spiro atoms. The molecule has 4 fully saturated rings. The zero-order valence-corrected chi connectivity index (χ0v) is 44.0. The number of halogens is 3. The van der Waals surface area contributed by atoms with Gasteiger partial charge in [0.15, 0.2) is 23.0 Å². The number of fused-ring (bicyclic) bond motifs is 2. The molecule has 6 aromatic rings. The van der Waals surface area contributed by atoms with Gasteiger partial charge in [0.2, 0.25) is 11.8 Å². The second-order valence-electron chi connectivity index (χ2n) is 19.0. The van der Waals surface area contributed by atoms with Crippen molar-refractivity contribution in [2.45, 2.75) is 74.4 Å². The highest BCUT2D eigenvalue weighted by molar-refractivity contribution is 6.44. The molecule has 0 unspecified atom stereocenters. The number of amides is 4. The van der Waals surface area contributed by atoms with Crippen LogP contribution in [0.25, 0.3) is 11.3 Å². The molecule has 0 bridgehead atoms. The van der Waals surface area contributed by atoms with Gasteiger partial charge in [0.25, 0.3) is 11.8 Å². The zero-order chi connectivity index (χ0) is 56.1. The average molecular weight is 1090 g/mol. The third-order valence-corrected chi connectivity index (χ3v) is 14.0. The Morgan fingerprint density at radius 2 is 1.21 bits per heavy atom. The smallest absolute Gasteiger partial charge is 0.427 e. The number of carbonyl (C=O) groups is 4. The van der Waals surface area contributed by atoms with Gasteiger partial charge in [-0.2, -0.15) is 10.2 Å². The van der Waals surface area contributed by atoms with E-state index < -0.39 is 30.6 Å². The van der Waals surface area contributed by atoms with Crippen molar-refractivity contribution in [3.63, 3.8) is 0 Å². The quantitative estimate of drug-likeness (QED) is 0.0518. The summed E-state index contributed by atoms with van der Waals surface area (Å²) in [5, 5.41) is 31.8. The van der Waals surface area contributed by atoms with Gasteiger partial charge in [-0.1, -0.05) is 49.4 Å². The SMILES string of the molecule is C=CC(=O)N1C[C@@H](n2nc(C#Cc3cc4ncc(C5CC5)n4cc3F)c(C(N)=O)c2NC)C[C@@H]1COC.C=CC(=O)N1C[C@@H](n2nc(C#Cc3cc4ncc(Cl)n4cc3F)c(C(N)=O)c2NC)C[C@@H]1COC.OB(O)C1CC1. The topological polar surface area (TPSA) is 280 Å². The highest BCUT2D eigenvalue weighted by Crippen LogP contribution is 2.40. The Kier molecular flexibility index (Phi) is 17.3. The Morgan fingerprint density at radius 1 is 0.756 bits per heavy atom. The lowest BCUT2D eigenvalue weighted by Crippen LogP contribution is -2.37. The highest BCUT2D eigenvalue weighted by atomic mass is 35.5. The van der Waals surface area contributed by atoms with Crippen LogP contribution in [-0.2, 0) is 19.1 Å². The van der Waals surface area contributed by atoms with Gasteiger partial charge >= 0.3 is 7.12 Å². The summed E-state index contributed by atoms with van der Waals surface area (Å²) in [4.78, 5) is 61.3. The summed E-state index contributed by atoms with van der Waals surface area (Å²) in [6.45, 7) is 8.49. The van der Waals surface area contributed by atoms with Gasteiger partial charge in [-0.3, -0.25) is 23.6 Å². The van der Waals surface area contributed by atoms with Crippen LogP contribution in [0.4, 0.5) is 20.4 Å². The van der Waals surface area contributed by atoms with Gasteiger partial charge in [-0.05, 0) is 61.6 Å². The summed E-state index contributed by atoms with van der Waals surface area (Å²) < 4.78 is 46.5. The summed E-state index contributed by atoms with van der Waals surface area (Å²) in [5.41, 5.74) is 13.9. The van der Waals surface area contributed by atoms with Crippen LogP contribution in [0.15, 0.2) is 62.2 Å². The van der Waals surface area contributed by atoms with Gasteiger partial charge in [0.05, 0.1) is 54.7 Å². The van der Waals surface area contributed by atoms with Crippen LogP contribution in [0, 0.1) is 35.3 Å². The molecule has 2 aliphatic carbocycles. The molecule has 4 amide bonds. The van der Waals surface area contributed by atoms with E-state index in [0.717, 1.165) is 31.4 Å². The second kappa shape index (κ2) is 24.1. The van der Waals surface area contributed by atoms with E-state index in [2.05, 4.69) is 67.6 Å². The van der Waals surface area contributed by atoms with Gasteiger partial charge in [0.1, 0.15) is 39.2 Å². The van der Waals surface area contributed by atoms with Gasteiger partial charge in [0, 0.05) is 77.7 Å². The number of nitrogens with one attached hydrogen (secondary N) is 2. The molecule has 8 heterocycles. The minimum Gasteiger partial charge on any atom is -0.427 e. The van der Waals surface area contributed by atoms with Crippen LogP contribution in [0.5, 0.6) is 0 Å². The van der Waals surface area contributed by atoms with Crippen molar-refractivity contribution in [2.24, 2.45) is 11.5 Å². The van der Waals surface area contributed by atoms with E-state index in [1.165, 1.54) is 41.2 Å². The van der Waals surface area contributed by atoms with Gasteiger partial charge < -0.3 is 55.8 Å². The maximum Gasteiger partial charge on any atom is 0.454 e. The molecular weight excluding hydrogens is 1030 g/mol. The van der Waals surface area contributed by atoms with E-state index in [0.29, 0.717) is 68.0 Å². The van der Waals surface area contributed by atoms with Crippen LogP contribution in [0.3, 0.4) is 0 Å². The fourth-order valence-electron chi connectivity index (χ4n) is 9.64. The molecule has 26 heteroatoms. The van der Waals surface area contributed by atoms with Crippen LogP contribution >= 0.6 is 11.6 Å². The molecule has 8 N–H and O–H groups in total. The number of rotatable bonds is 14. The minimum atomic E-state index is -1.04. The number of imidazole rings is 2. The first-order chi connectivity index (χ1) is 37.4. The number of likely N-dealkylation sites (tertiary alicyclic amines) is 2. The second-order valence-corrected chi connectivity index (χ2v) is 19.4. The van der Waals surface area contributed by atoms with E-state index in [1.807, 2.05) is 0 Å². The lowest BCUT2D eigenvalue weighted by Gasteiger charge is -2.22. The minimum absolute atomic E-state index is 0.0551. The Morgan fingerprint density at radius 3 is 1.59 bits per heavy atom. The Balaban J connectivity index is 0.000000186. The first-order valence-electron chi connectivity index (χ1n) is 24.9. The van der Waals surface area contributed by atoms with Crippen molar-refractivity contribution in [3.8, 4) is 23.7 Å². The number of ether oxygens (including phenoxy) is 2. The zero-order valence-electron chi connectivity index (χ0n) is 43.3. The predicted molar refractivity (Wildman–Crippen MR) is 285 cm³/mol. The maximum absolute atomic E-state index is 14.9. The number of nitrogens with zero attached hydrogens (tertiary/aromatic N) is 10. The average Bonchev–Trinajstić information content (AvgIpc) is 4.17. The maximum atomic E-state index is 14.9. The number of methoxy groups -OCH3 is 2. The summed E-state index contributed by atoms with van der Waals surface area (Å²) in [5.74, 6) is 9.48. The van der Waals surface area contributed by atoms with Crippen LogP contribution in [0.1, 0.15) is 105 Å². The third kappa shape index (κ3) is 11.9. The van der Waals surface area contributed by atoms with Crippen LogP contribution in [0.2, 0.25) is 11.0 Å². The molecule has 6 aromatic heterocycles. The third-order valence-electron chi connectivity index (χ3n) is 13.7. The molecule has 0 radical (unpaired) electrons. The van der Waals surface area contributed by atoms with E-state index >= 15 is 0 Å². The summed E-state index contributed by atoms with van der Waals surface area (Å²) in [6.07, 6.45) is 13.5. The number of nitrogens with two attached hydrogens (primary N) is 2.